The maximum atomic E-state index is 12.2. The van der Waals surface area contributed by atoms with E-state index in [4.69, 9.17) is 9.47 Å². The summed E-state index contributed by atoms with van der Waals surface area (Å²) in [6.07, 6.45) is 0. The zero-order valence-electron chi connectivity index (χ0n) is 11.8. The number of carbonyl (C=O) groups is 1. The van der Waals surface area contributed by atoms with E-state index >= 15 is 0 Å². The molecule has 1 aromatic heterocycles. The van der Waals surface area contributed by atoms with E-state index in [1.165, 1.54) is 11.3 Å². The van der Waals surface area contributed by atoms with Gasteiger partial charge in [0.15, 0.2) is 11.5 Å². The summed E-state index contributed by atoms with van der Waals surface area (Å²) in [6, 6.07) is 5.21. The average molecular weight is 292 g/mol. The summed E-state index contributed by atoms with van der Waals surface area (Å²) in [6.45, 7) is 3.76. The van der Waals surface area contributed by atoms with Crippen LogP contribution in [-0.4, -0.2) is 25.1 Å². The number of amides is 1. The Morgan fingerprint density at radius 1 is 1.20 bits per heavy atom. The van der Waals surface area contributed by atoms with Crippen molar-refractivity contribution in [3.8, 4) is 11.5 Å². The lowest BCUT2D eigenvalue weighted by molar-refractivity contribution is 0.102. The minimum atomic E-state index is -0.223. The molecule has 0 unspecified atom stereocenters. The highest BCUT2D eigenvalue weighted by Gasteiger charge is 2.15. The molecule has 0 aliphatic rings. The molecule has 1 heterocycles. The standard InChI is InChI=1S/C14H16N2O3S/c1-8-13(15-9(2)20-8)14(17)16-10-5-6-11(18-3)12(7-10)19-4/h5-7H,1-4H3,(H,16,17). The second kappa shape index (κ2) is 5.92. The third kappa shape index (κ3) is 2.91. The first-order valence-corrected chi connectivity index (χ1v) is 6.84. The average Bonchev–Trinajstić information content (AvgIpc) is 2.77. The summed E-state index contributed by atoms with van der Waals surface area (Å²) < 4.78 is 10.4. The number of nitrogens with one attached hydrogen (secondary N) is 1. The minimum Gasteiger partial charge on any atom is -0.493 e. The van der Waals surface area contributed by atoms with Crippen molar-refractivity contribution in [1.82, 2.24) is 4.98 Å². The van der Waals surface area contributed by atoms with E-state index in [1.807, 2.05) is 13.8 Å². The van der Waals surface area contributed by atoms with Gasteiger partial charge in [0.05, 0.1) is 19.2 Å². The maximum Gasteiger partial charge on any atom is 0.275 e. The molecule has 0 fully saturated rings. The van der Waals surface area contributed by atoms with Crippen LogP contribution in [0.3, 0.4) is 0 Å². The van der Waals surface area contributed by atoms with Crippen molar-refractivity contribution in [2.45, 2.75) is 13.8 Å². The number of methoxy groups -OCH3 is 2. The third-order valence-electron chi connectivity index (χ3n) is 2.76. The van der Waals surface area contributed by atoms with Gasteiger partial charge in [0, 0.05) is 16.6 Å². The first-order chi connectivity index (χ1) is 9.55. The molecule has 5 nitrogen and oxygen atoms in total. The van der Waals surface area contributed by atoms with Crippen LogP contribution < -0.4 is 14.8 Å². The van der Waals surface area contributed by atoms with Crippen LogP contribution in [0, 0.1) is 13.8 Å². The van der Waals surface area contributed by atoms with Crippen molar-refractivity contribution in [2.24, 2.45) is 0 Å². The van der Waals surface area contributed by atoms with E-state index in [1.54, 1.807) is 32.4 Å². The molecule has 0 radical (unpaired) electrons. The van der Waals surface area contributed by atoms with Gasteiger partial charge in [-0.05, 0) is 26.0 Å². The number of anilines is 1. The van der Waals surface area contributed by atoms with Gasteiger partial charge in [-0.25, -0.2) is 4.98 Å². The van der Waals surface area contributed by atoms with E-state index in [-0.39, 0.29) is 5.91 Å². The van der Waals surface area contributed by atoms with E-state index in [0.717, 1.165) is 9.88 Å². The van der Waals surface area contributed by atoms with Crippen LogP contribution in [0.5, 0.6) is 11.5 Å². The lowest BCUT2D eigenvalue weighted by atomic mass is 10.2. The molecule has 0 bridgehead atoms. The minimum absolute atomic E-state index is 0.223. The van der Waals surface area contributed by atoms with Crippen molar-refractivity contribution in [3.05, 3.63) is 33.8 Å². The van der Waals surface area contributed by atoms with Gasteiger partial charge < -0.3 is 14.8 Å². The Balaban J connectivity index is 2.22. The Labute approximate surface area is 121 Å². The number of hydrogen-bond acceptors (Lipinski definition) is 5. The van der Waals surface area contributed by atoms with Crippen molar-refractivity contribution in [3.63, 3.8) is 0 Å². The SMILES string of the molecule is COc1ccc(NC(=O)c2nc(C)sc2C)cc1OC. The van der Waals surface area contributed by atoms with Gasteiger partial charge in [-0.3, -0.25) is 4.79 Å². The topological polar surface area (TPSA) is 60.5 Å². The second-order valence-corrected chi connectivity index (χ2v) is 5.57. The van der Waals surface area contributed by atoms with Gasteiger partial charge in [-0.1, -0.05) is 0 Å². The van der Waals surface area contributed by atoms with Crippen molar-refractivity contribution in [2.75, 3.05) is 19.5 Å². The number of rotatable bonds is 4. The van der Waals surface area contributed by atoms with Gasteiger partial charge in [0.25, 0.3) is 5.91 Å². The van der Waals surface area contributed by atoms with Gasteiger partial charge >= 0.3 is 0 Å². The number of hydrogen-bond donors (Lipinski definition) is 1. The molecule has 1 amide bonds. The molecule has 106 valence electrons. The predicted molar refractivity (Wildman–Crippen MR) is 79.1 cm³/mol. The molecular formula is C14H16N2O3S. The van der Waals surface area contributed by atoms with Gasteiger partial charge in [0.1, 0.15) is 5.69 Å². The molecule has 2 aromatic rings. The maximum absolute atomic E-state index is 12.2. The highest BCUT2D eigenvalue weighted by molar-refractivity contribution is 7.11. The van der Waals surface area contributed by atoms with Crippen LogP contribution in [-0.2, 0) is 0 Å². The Kier molecular flexibility index (Phi) is 4.24. The Morgan fingerprint density at radius 3 is 2.45 bits per heavy atom. The number of benzene rings is 1. The van der Waals surface area contributed by atoms with Crippen molar-refractivity contribution < 1.29 is 14.3 Å². The van der Waals surface area contributed by atoms with Crippen LogP contribution in [0.4, 0.5) is 5.69 Å². The van der Waals surface area contributed by atoms with E-state index < -0.39 is 0 Å². The van der Waals surface area contributed by atoms with Gasteiger partial charge in [0.2, 0.25) is 0 Å². The molecular weight excluding hydrogens is 276 g/mol. The van der Waals surface area contributed by atoms with E-state index in [2.05, 4.69) is 10.3 Å². The highest BCUT2D eigenvalue weighted by atomic mass is 32.1. The number of aromatic nitrogens is 1. The van der Waals surface area contributed by atoms with Crippen LogP contribution in [0.1, 0.15) is 20.4 Å². The largest absolute Gasteiger partial charge is 0.493 e. The number of ether oxygens (including phenoxy) is 2. The third-order valence-corrected chi connectivity index (χ3v) is 3.65. The monoisotopic (exact) mass is 292 g/mol. The van der Waals surface area contributed by atoms with Gasteiger partial charge in [-0.15, -0.1) is 11.3 Å². The molecule has 0 saturated heterocycles. The summed E-state index contributed by atoms with van der Waals surface area (Å²) in [5.74, 6) is 0.960. The van der Waals surface area contributed by atoms with Crippen LogP contribution >= 0.6 is 11.3 Å². The first-order valence-electron chi connectivity index (χ1n) is 6.02. The molecule has 1 aromatic carbocycles. The van der Waals surface area contributed by atoms with Crippen LogP contribution in [0.2, 0.25) is 0 Å². The van der Waals surface area contributed by atoms with Gasteiger partial charge in [-0.2, -0.15) is 0 Å². The van der Waals surface area contributed by atoms with Crippen molar-refractivity contribution >= 4 is 22.9 Å². The summed E-state index contributed by atoms with van der Waals surface area (Å²) in [4.78, 5) is 17.3. The molecule has 0 aliphatic carbocycles. The fourth-order valence-electron chi connectivity index (χ4n) is 1.84. The second-order valence-electron chi connectivity index (χ2n) is 4.16. The number of aryl methyl sites for hydroxylation is 2. The number of thiazole rings is 1. The summed E-state index contributed by atoms with van der Waals surface area (Å²) in [5.41, 5.74) is 1.10. The lowest BCUT2D eigenvalue weighted by Crippen LogP contribution is -2.13. The summed E-state index contributed by atoms with van der Waals surface area (Å²) in [5, 5.41) is 3.68. The molecule has 20 heavy (non-hydrogen) atoms. The van der Waals surface area contributed by atoms with Crippen LogP contribution in [0.25, 0.3) is 0 Å². The number of carbonyl (C=O) groups excluding carboxylic acids is 1. The lowest BCUT2D eigenvalue weighted by Gasteiger charge is -2.10. The Morgan fingerprint density at radius 2 is 1.90 bits per heavy atom. The van der Waals surface area contributed by atoms with E-state index in [9.17, 15) is 4.79 Å². The summed E-state index contributed by atoms with van der Waals surface area (Å²) >= 11 is 1.51. The molecule has 0 aliphatic heterocycles. The van der Waals surface area contributed by atoms with E-state index in [0.29, 0.717) is 22.9 Å². The summed E-state index contributed by atoms with van der Waals surface area (Å²) in [7, 11) is 3.12. The Hall–Kier alpha value is -2.08. The van der Waals surface area contributed by atoms with Crippen LogP contribution in [0.15, 0.2) is 18.2 Å². The predicted octanol–water partition coefficient (Wildman–Crippen LogP) is 3.03. The molecule has 1 N–H and O–H groups in total. The Bertz CT molecular complexity index is 637. The molecule has 0 atom stereocenters. The highest BCUT2D eigenvalue weighted by Crippen LogP contribution is 2.30. The zero-order valence-corrected chi connectivity index (χ0v) is 12.6. The molecule has 0 spiro atoms. The first kappa shape index (κ1) is 14.3. The van der Waals surface area contributed by atoms with Crippen molar-refractivity contribution in [1.29, 1.82) is 0 Å². The normalized spacial score (nSPS) is 10.2. The molecule has 2 rings (SSSR count). The fraction of sp³-hybridized carbons (Fsp3) is 0.286. The quantitative estimate of drug-likeness (QED) is 0.941. The molecule has 0 saturated carbocycles. The zero-order chi connectivity index (χ0) is 14.7. The fourth-order valence-corrected chi connectivity index (χ4v) is 2.66. The number of nitrogens with zero attached hydrogens (tertiary/aromatic N) is 1. The smallest absolute Gasteiger partial charge is 0.275 e. The molecule has 6 heteroatoms.